The van der Waals surface area contributed by atoms with Crippen molar-refractivity contribution in [3.63, 3.8) is 0 Å². The van der Waals surface area contributed by atoms with Crippen LogP contribution in [0.25, 0.3) is 0 Å². The fourth-order valence-electron chi connectivity index (χ4n) is 1.41. The van der Waals surface area contributed by atoms with Gasteiger partial charge in [0.25, 0.3) is 0 Å². The number of rotatable bonds is 6. The molecule has 1 saturated carbocycles. The van der Waals surface area contributed by atoms with Crippen molar-refractivity contribution in [2.75, 3.05) is 6.61 Å². The molecule has 0 aromatic rings. The average molecular weight is 228 g/mol. The molecule has 3 atom stereocenters. The summed E-state index contributed by atoms with van der Waals surface area (Å²) in [6.07, 6.45) is 5.62. The molecule has 0 amide bonds. The topological polar surface area (TPSA) is 26.3 Å². The highest BCUT2D eigenvalue weighted by Crippen LogP contribution is 2.35. The normalized spacial score (nSPS) is 25.5. The maximum absolute atomic E-state index is 11.4. The molecule has 0 heterocycles. The van der Waals surface area contributed by atoms with E-state index in [1.807, 2.05) is 6.92 Å². The monoisotopic (exact) mass is 228 g/mol. The molecule has 1 rings (SSSR count). The van der Waals surface area contributed by atoms with Crippen LogP contribution in [0.2, 0.25) is 0 Å². The average Bonchev–Trinajstić information content (AvgIpc) is 2.97. The smallest absolute Gasteiger partial charge is 0.159 e. The molecule has 1 aliphatic rings. The van der Waals surface area contributed by atoms with Gasteiger partial charge in [-0.15, -0.1) is 5.92 Å². The standard InChI is InChI=1S/C12H20O2S/c1-3-5-6-7-8-9-11-10-12(11)15(13)14-4-2/h11-12H,3-7,10H2,1-2H3. The molecule has 15 heavy (non-hydrogen) atoms. The lowest BCUT2D eigenvalue weighted by Gasteiger charge is -1.95. The third-order valence-electron chi connectivity index (χ3n) is 2.41. The van der Waals surface area contributed by atoms with Gasteiger partial charge in [0.15, 0.2) is 11.1 Å². The quantitative estimate of drug-likeness (QED) is 0.516. The predicted molar refractivity (Wildman–Crippen MR) is 63.6 cm³/mol. The molecule has 1 fully saturated rings. The summed E-state index contributed by atoms with van der Waals surface area (Å²) in [6.45, 7) is 4.58. The molecule has 1 aliphatic carbocycles. The number of unbranched alkanes of at least 4 members (excludes halogenated alkanes) is 3. The molecule has 3 unspecified atom stereocenters. The molecule has 0 radical (unpaired) electrons. The van der Waals surface area contributed by atoms with Crippen LogP contribution < -0.4 is 0 Å². The highest BCUT2D eigenvalue weighted by atomic mass is 32.2. The van der Waals surface area contributed by atoms with Crippen LogP contribution in [0.15, 0.2) is 0 Å². The van der Waals surface area contributed by atoms with Crippen molar-refractivity contribution < 1.29 is 8.39 Å². The molecule has 0 saturated heterocycles. The second-order valence-electron chi connectivity index (χ2n) is 3.83. The second kappa shape index (κ2) is 7.03. The van der Waals surface area contributed by atoms with E-state index in [0.29, 0.717) is 12.5 Å². The Balaban J connectivity index is 2.12. The Bertz CT molecular complexity index is 265. The van der Waals surface area contributed by atoms with E-state index in [1.54, 1.807) is 0 Å². The zero-order valence-corrected chi connectivity index (χ0v) is 10.4. The molecule has 86 valence electrons. The lowest BCUT2D eigenvalue weighted by molar-refractivity contribution is 0.370. The summed E-state index contributed by atoms with van der Waals surface area (Å²) in [5.74, 6) is 6.68. The van der Waals surface area contributed by atoms with Gasteiger partial charge in [-0.05, 0) is 19.8 Å². The first kappa shape index (κ1) is 12.7. The minimum Gasteiger partial charge on any atom is -0.291 e. The third kappa shape index (κ3) is 4.81. The summed E-state index contributed by atoms with van der Waals surface area (Å²) in [5.41, 5.74) is 0. The highest BCUT2D eigenvalue weighted by Gasteiger charge is 2.41. The van der Waals surface area contributed by atoms with E-state index in [2.05, 4.69) is 18.8 Å². The summed E-state index contributed by atoms with van der Waals surface area (Å²) < 4.78 is 16.4. The molecular weight excluding hydrogens is 208 g/mol. The first-order valence-electron chi connectivity index (χ1n) is 5.81. The molecule has 2 nitrogen and oxygen atoms in total. The largest absolute Gasteiger partial charge is 0.291 e. The van der Waals surface area contributed by atoms with Crippen LogP contribution in [0.5, 0.6) is 0 Å². The number of hydrogen-bond acceptors (Lipinski definition) is 2. The predicted octanol–water partition coefficient (Wildman–Crippen LogP) is 2.66. The van der Waals surface area contributed by atoms with Crippen LogP contribution >= 0.6 is 0 Å². The van der Waals surface area contributed by atoms with Crippen molar-refractivity contribution in [2.24, 2.45) is 5.92 Å². The Kier molecular flexibility index (Phi) is 5.97. The van der Waals surface area contributed by atoms with Crippen molar-refractivity contribution in [3.8, 4) is 11.8 Å². The van der Waals surface area contributed by atoms with Gasteiger partial charge >= 0.3 is 0 Å². The van der Waals surface area contributed by atoms with E-state index in [4.69, 9.17) is 4.18 Å². The van der Waals surface area contributed by atoms with Gasteiger partial charge in [0.2, 0.25) is 0 Å². The third-order valence-corrected chi connectivity index (χ3v) is 3.89. The summed E-state index contributed by atoms with van der Waals surface area (Å²) in [4.78, 5) is 0. The van der Waals surface area contributed by atoms with Crippen LogP contribution in [0, 0.1) is 17.8 Å². The van der Waals surface area contributed by atoms with Gasteiger partial charge in [-0.2, -0.15) is 0 Å². The fraction of sp³-hybridized carbons (Fsp3) is 0.833. The Morgan fingerprint density at radius 3 is 2.87 bits per heavy atom. The van der Waals surface area contributed by atoms with E-state index >= 15 is 0 Å². The molecular formula is C12H20O2S. The summed E-state index contributed by atoms with van der Waals surface area (Å²) in [5, 5.41) is 0.184. The Labute approximate surface area is 95.4 Å². The zero-order chi connectivity index (χ0) is 11.1. The van der Waals surface area contributed by atoms with Gasteiger partial charge in [0.1, 0.15) is 0 Å². The van der Waals surface area contributed by atoms with Gasteiger partial charge < -0.3 is 0 Å². The van der Waals surface area contributed by atoms with Gasteiger partial charge in [-0.1, -0.05) is 25.7 Å². The molecule has 0 aromatic carbocycles. The first-order valence-corrected chi connectivity index (χ1v) is 6.95. The van der Waals surface area contributed by atoms with Crippen LogP contribution in [0.3, 0.4) is 0 Å². The van der Waals surface area contributed by atoms with Crippen molar-refractivity contribution in [3.05, 3.63) is 0 Å². The molecule has 0 aliphatic heterocycles. The lowest BCUT2D eigenvalue weighted by atomic mass is 10.2. The van der Waals surface area contributed by atoms with Crippen molar-refractivity contribution >= 4 is 11.1 Å². The Hall–Kier alpha value is -0.330. The summed E-state index contributed by atoms with van der Waals surface area (Å²) in [6, 6.07) is 0. The van der Waals surface area contributed by atoms with Crippen molar-refractivity contribution in [2.45, 2.75) is 51.2 Å². The van der Waals surface area contributed by atoms with Gasteiger partial charge in [-0.25, -0.2) is 4.21 Å². The van der Waals surface area contributed by atoms with Crippen LogP contribution in [0.4, 0.5) is 0 Å². The first-order chi connectivity index (χ1) is 7.29. The van der Waals surface area contributed by atoms with Crippen molar-refractivity contribution in [1.82, 2.24) is 0 Å². The van der Waals surface area contributed by atoms with Gasteiger partial charge in [0, 0.05) is 12.3 Å². The van der Waals surface area contributed by atoms with E-state index in [9.17, 15) is 4.21 Å². The Morgan fingerprint density at radius 1 is 1.40 bits per heavy atom. The minimum absolute atomic E-state index is 0.184. The Morgan fingerprint density at radius 2 is 2.20 bits per heavy atom. The lowest BCUT2D eigenvalue weighted by Crippen LogP contribution is -2.03. The second-order valence-corrected chi connectivity index (χ2v) is 5.19. The fourth-order valence-corrected chi connectivity index (χ4v) is 2.51. The van der Waals surface area contributed by atoms with Gasteiger partial charge in [0.05, 0.1) is 11.9 Å². The molecule has 3 heteroatoms. The molecule has 0 spiro atoms. The number of hydrogen-bond donors (Lipinski definition) is 0. The van der Waals surface area contributed by atoms with E-state index in [-0.39, 0.29) is 5.25 Å². The highest BCUT2D eigenvalue weighted by molar-refractivity contribution is 7.81. The maximum Gasteiger partial charge on any atom is 0.159 e. The maximum atomic E-state index is 11.4. The zero-order valence-electron chi connectivity index (χ0n) is 9.62. The van der Waals surface area contributed by atoms with E-state index < -0.39 is 11.1 Å². The molecule has 0 N–H and O–H groups in total. The van der Waals surface area contributed by atoms with E-state index in [0.717, 1.165) is 12.8 Å². The molecule has 0 aromatic heterocycles. The van der Waals surface area contributed by atoms with Crippen LogP contribution in [-0.4, -0.2) is 16.1 Å². The van der Waals surface area contributed by atoms with E-state index in [1.165, 1.54) is 19.3 Å². The summed E-state index contributed by atoms with van der Waals surface area (Å²) >= 11 is -1.10. The van der Waals surface area contributed by atoms with Crippen molar-refractivity contribution in [1.29, 1.82) is 0 Å². The molecule has 0 bridgehead atoms. The minimum atomic E-state index is -1.10. The van der Waals surface area contributed by atoms with Crippen LogP contribution in [0.1, 0.15) is 46.0 Å². The summed E-state index contributed by atoms with van der Waals surface area (Å²) in [7, 11) is 0. The SMILES string of the molecule is CCCCCC#CC1CC1S(=O)OCC. The van der Waals surface area contributed by atoms with Gasteiger partial charge in [-0.3, -0.25) is 4.18 Å². The van der Waals surface area contributed by atoms with Crippen LogP contribution in [-0.2, 0) is 15.3 Å².